The molecule has 0 aliphatic heterocycles. The minimum Gasteiger partial charge on any atom is -0.326 e. The first kappa shape index (κ1) is 15.0. The van der Waals surface area contributed by atoms with Crippen LogP contribution in [0.25, 0.3) is 0 Å². The molecular formula is C16H25N3O. The van der Waals surface area contributed by atoms with E-state index in [1.165, 1.54) is 12.8 Å². The predicted octanol–water partition coefficient (Wildman–Crippen LogP) is 2.35. The van der Waals surface area contributed by atoms with Crippen molar-refractivity contribution in [3.05, 3.63) is 29.8 Å². The highest BCUT2D eigenvalue weighted by atomic mass is 16.1. The molecule has 0 heterocycles. The molecule has 2 rings (SSSR count). The van der Waals surface area contributed by atoms with Crippen LogP contribution in [0.3, 0.4) is 0 Å². The number of nitrogens with one attached hydrogen (secondary N) is 1. The molecule has 4 heteroatoms. The van der Waals surface area contributed by atoms with Crippen molar-refractivity contribution < 1.29 is 4.79 Å². The fourth-order valence-electron chi connectivity index (χ4n) is 2.45. The highest BCUT2D eigenvalue weighted by molar-refractivity contribution is 5.90. The average Bonchev–Trinajstić information content (AvgIpc) is 3.28. The molecule has 3 N–H and O–H groups in total. The number of rotatable bonds is 8. The Hall–Kier alpha value is -1.39. The van der Waals surface area contributed by atoms with E-state index in [1.54, 1.807) is 0 Å². The van der Waals surface area contributed by atoms with Crippen molar-refractivity contribution in [2.75, 3.05) is 18.4 Å². The summed E-state index contributed by atoms with van der Waals surface area (Å²) in [6.45, 7) is 4.64. The molecule has 110 valence electrons. The van der Waals surface area contributed by atoms with Crippen molar-refractivity contribution in [2.45, 2.75) is 45.2 Å². The Balaban J connectivity index is 1.79. The van der Waals surface area contributed by atoms with Crippen LogP contribution in [0.1, 0.15) is 38.2 Å². The second kappa shape index (κ2) is 7.41. The van der Waals surface area contributed by atoms with Gasteiger partial charge in [-0.05, 0) is 43.5 Å². The van der Waals surface area contributed by atoms with Crippen molar-refractivity contribution in [3.63, 3.8) is 0 Å². The second-order valence-corrected chi connectivity index (χ2v) is 5.47. The van der Waals surface area contributed by atoms with Crippen LogP contribution in [-0.4, -0.2) is 29.9 Å². The molecule has 1 aromatic rings. The standard InChI is InChI=1S/C16H25N3O/c1-2-9-19(15-6-7-15)10-8-16(20)18-14-5-3-4-13(11-14)12-17/h3-5,11,15H,2,6-10,12,17H2,1H3,(H,18,20). The summed E-state index contributed by atoms with van der Waals surface area (Å²) in [7, 11) is 0. The predicted molar refractivity (Wildman–Crippen MR) is 82.5 cm³/mol. The van der Waals surface area contributed by atoms with Crippen molar-refractivity contribution in [1.82, 2.24) is 4.90 Å². The lowest BCUT2D eigenvalue weighted by molar-refractivity contribution is -0.116. The molecule has 0 radical (unpaired) electrons. The largest absolute Gasteiger partial charge is 0.326 e. The van der Waals surface area contributed by atoms with Gasteiger partial charge in [0.15, 0.2) is 0 Å². The van der Waals surface area contributed by atoms with Gasteiger partial charge in [0.25, 0.3) is 0 Å². The van der Waals surface area contributed by atoms with Crippen LogP contribution in [0, 0.1) is 0 Å². The average molecular weight is 275 g/mol. The molecule has 4 nitrogen and oxygen atoms in total. The molecule has 0 spiro atoms. The number of hydrogen-bond acceptors (Lipinski definition) is 3. The summed E-state index contributed by atoms with van der Waals surface area (Å²) in [5, 5.41) is 2.95. The maximum absolute atomic E-state index is 12.0. The lowest BCUT2D eigenvalue weighted by Crippen LogP contribution is -2.30. The molecule has 0 unspecified atom stereocenters. The highest BCUT2D eigenvalue weighted by Crippen LogP contribution is 2.26. The normalized spacial score (nSPS) is 14.6. The van der Waals surface area contributed by atoms with E-state index in [0.29, 0.717) is 13.0 Å². The van der Waals surface area contributed by atoms with Crippen molar-refractivity contribution in [1.29, 1.82) is 0 Å². The minimum absolute atomic E-state index is 0.0842. The number of anilines is 1. The number of amides is 1. The number of carbonyl (C=O) groups is 1. The van der Waals surface area contributed by atoms with Crippen LogP contribution in [0.15, 0.2) is 24.3 Å². The first-order chi connectivity index (χ1) is 9.72. The molecule has 0 bridgehead atoms. The van der Waals surface area contributed by atoms with E-state index in [2.05, 4.69) is 17.1 Å². The SMILES string of the molecule is CCCN(CCC(=O)Nc1cccc(CN)c1)C1CC1. The Labute approximate surface area is 121 Å². The van der Waals surface area contributed by atoms with Gasteiger partial charge in [-0.2, -0.15) is 0 Å². The maximum Gasteiger partial charge on any atom is 0.225 e. The number of benzene rings is 1. The third-order valence-electron chi connectivity index (χ3n) is 3.65. The van der Waals surface area contributed by atoms with Gasteiger partial charge in [0.2, 0.25) is 5.91 Å². The van der Waals surface area contributed by atoms with Crippen LogP contribution >= 0.6 is 0 Å². The molecule has 1 fully saturated rings. The Morgan fingerprint density at radius 2 is 2.20 bits per heavy atom. The molecular weight excluding hydrogens is 250 g/mol. The summed E-state index contributed by atoms with van der Waals surface area (Å²) in [5.41, 5.74) is 7.48. The first-order valence-electron chi connectivity index (χ1n) is 7.56. The Morgan fingerprint density at radius 1 is 1.40 bits per heavy atom. The summed E-state index contributed by atoms with van der Waals surface area (Å²) in [6, 6.07) is 8.45. The van der Waals surface area contributed by atoms with Crippen LogP contribution < -0.4 is 11.1 Å². The van der Waals surface area contributed by atoms with Gasteiger partial charge < -0.3 is 11.1 Å². The minimum atomic E-state index is 0.0842. The lowest BCUT2D eigenvalue weighted by Gasteiger charge is -2.20. The van der Waals surface area contributed by atoms with Crippen LogP contribution in [0.4, 0.5) is 5.69 Å². The maximum atomic E-state index is 12.0. The second-order valence-electron chi connectivity index (χ2n) is 5.47. The van der Waals surface area contributed by atoms with Crippen LogP contribution in [-0.2, 0) is 11.3 Å². The zero-order valence-corrected chi connectivity index (χ0v) is 12.3. The van der Waals surface area contributed by atoms with Gasteiger partial charge in [0.05, 0.1) is 0 Å². The Kier molecular flexibility index (Phi) is 5.56. The number of nitrogens with two attached hydrogens (primary N) is 1. The zero-order valence-electron chi connectivity index (χ0n) is 12.3. The van der Waals surface area contributed by atoms with Gasteiger partial charge in [0.1, 0.15) is 0 Å². The number of hydrogen-bond donors (Lipinski definition) is 2. The van der Waals surface area contributed by atoms with E-state index in [9.17, 15) is 4.79 Å². The van der Waals surface area contributed by atoms with Gasteiger partial charge in [-0.1, -0.05) is 19.1 Å². The Bertz CT molecular complexity index is 443. The lowest BCUT2D eigenvalue weighted by atomic mass is 10.2. The van der Waals surface area contributed by atoms with E-state index >= 15 is 0 Å². The number of nitrogens with zero attached hydrogens (tertiary/aromatic N) is 1. The summed E-state index contributed by atoms with van der Waals surface area (Å²) < 4.78 is 0. The van der Waals surface area contributed by atoms with E-state index < -0.39 is 0 Å². The topological polar surface area (TPSA) is 58.4 Å². The summed E-state index contributed by atoms with van der Waals surface area (Å²) in [4.78, 5) is 14.4. The van der Waals surface area contributed by atoms with Crippen molar-refractivity contribution in [2.24, 2.45) is 5.73 Å². The molecule has 1 aliphatic rings. The third-order valence-corrected chi connectivity index (χ3v) is 3.65. The van der Waals surface area contributed by atoms with E-state index in [4.69, 9.17) is 5.73 Å². The molecule has 1 aromatic carbocycles. The molecule has 1 amide bonds. The van der Waals surface area contributed by atoms with Crippen molar-refractivity contribution >= 4 is 11.6 Å². The van der Waals surface area contributed by atoms with Crippen molar-refractivity contribution in [3.8, 4) is 0 Å². The van der Waals surface area contributed by atoms with E-state index in [-0.39, 0.29) is 5.91 Å². The quantitative estimate of drug-likeness (QED) is 0.765. The molecule has 0 saturated heterocycles. The fourth-order valence-corrected chi connectivity index (χ4v) is 2.45. The van der Waals surface area contributed by atoms with Gasteiger partial charge in [-0.3, -0.25) is 9.69 Å². The van der Waals surface area contributed by atoms with Crippen LogP contribution in [0.5, 0.6) is 0 Å². The van der Waals surface area contributed by atoms with E-state index in [1.807, 2.05) is 24.3 Å². The zero-order chi connectivity index (χ0) is 14.4. The first-order valence-corrected chi connectivity index (χ1v) is 7.56. The number of carbonyl (C=O) groups excluding carboxylic acids is 1. The molecule has 0 aromatic heterocycles. The van der Waals surface area contributed by atoms with Gasteiger partial charge in [-0.15, -0.1) is 0 Å². The van der Waals surface area contributed by atoms with Gasteiger partial charge in [-0.25, -0.2) is 0 Å². The monoisotopic (exact) mass is 275 g/mol. The highest BCUT2D eigenvalue weighted by Gasteiger charge is 2.28. The summed E-state index contributed by atoms with van der Waals surface area (Å²) in [6.07, 6.45) is 4.29. The molecule has 1 aliphatic carbocycles. The fraction of sp³-hybridized carbons (Fsp3) is 0.562. The summed E-state index contributed by atoms with van der Waals surface area (Å²) in [5.74, 6) is 0.0842. The molecule has 20 heavy (non-hydrogen) atoms. The van der Waals surface area contributed by atoms with Gasteiger partial charge in [0, 0.05) is 31.2 Å². The van der Waals surface area contributed by atoms with Gasteiger partial charge >= 0.3 is 0 Å². The summed E-state index contributed by atoms with van der Waals surface area (Å²) >= 11 is 0. The molecule has 1 saturated carbocycles. The van der Waals surface area contributed by atoms with Crippen LogP contribution in [0.2, 0.25) is 0 Å². The smallest absolute Gasteiger partial charge is 0.225 e. The van der Waals surface area contributed by atoms with E-state index in [0.717, 1.165) is 36.8 Å². The third kappa shape index (κ3) is 4.62. The molecule has 0 atom stereocenters. The Morgan fingerprint density at radius 3 is 2.85 bits per heavy atom.